The van der Waals surface area contributed by atoms with E-state index in [2.05, 4.69) is 41.2 Å². The van der Waals surface area contributed by atoms with E-state index in [1.165, 1.54) is 18.2 Å². The Balaban J connectivity index is 2.35. The van der Waals surface area contributed by atoms with Gasteiger partial charge < -0.3 is 10.1 Å². The van der Waals surface area contributed by atoms with Gasteiger partial charge in [0.1, 0.15) is 0 Å². The number of nitrogens with one attached hydrogen (secondary N) is 1. The molecule has 1 rings (SSSR count). The molecule has 1 N–H and O–H groups in total. The lowest BCUT2D eigenvalue weighted by atomic mass is 10.1. The molecule has 0 atom stereocenters. The molecule has 0 aliphatic heterocycles. The van der Waals surface area contributed by atoms with E-state index >= 15 is 0 Å². The smallest absolute Gasteiger partial charge is 0.333 e. The van der Waals surface area contributed by atoms with Crippen molar-refractivity contribution in [3.05, 3.63) is 47.0 Å². The Morgan fingerprint density at radius 1 is 1.28 bits per heavy atom. The number of esters is 1. The molecule has 0 radical (unpaired) electrons. The van der Waals surface area contributed by atoms with Crippen LogP contribution in [-0.4, -0.2) is 19.6 Å². The lowest BCUT2D eigenvalue weighted by molar-refractivity contribution is -0.136. The molecule has 0 heterocycles. The highest BCUT2D eigenvalue weighted by molar-refractivity contribution is 5.87. The van der Waals surface area contributed by atoms with E-state index in [9.17, 15) is 4.79 Å². The highest BCUT2D eigenvalue weighted by Crippen LogP contribution is 2.04. The first kappa shape index (κ1) is 14.5. The van der Waals surface area contributed by atoms with E-state index in [1.54, 1.807) is 6.92 Å². The molecule has 0 aromatic heterocycles. The summed E-state index contributed by atoms with van der Waals surface area (Å²) >= 11 is 0. The predicted molar refractivity (Wildman–Crippen MR) is 73.3 cm³/mol. The molecule has 1 aromatic rings. The summed E-state index contributed by atoms with van der Waals surface area (Å²) in [6, 6.07) is 8.55. The standard InChI is InChI=1S/C15H21NO2/c1-4-13-5-7-14(8-6-13)11-16-10-9-12(2)15(17)18-3/h5-9,16H,4,10-11H2,1-3H3/b12-9-. The van der Waals surface area contributed by atoms with Crippen LogP contribution in [0.4, 0.5) is 0 Å². The topological polar surface area (TPSA) is 38.3 Å². The van der Waals surface area contributed by atoms with Crippen molar-refractivity contribution in [3.8, 4) is 0 Å². The van der Waals surface area contributed by atoms with Crippen molar-refractivity contribution in [2.24, 2.45) is 0 Å². The van der Waals surface area contributed by atoms with Gasteiger partial charge in [0.05, 0.1) is 7.11 Å². The fourth-order valence-electron chi connectivity index (χ4n) is 1.58. The molecule has 0 spiro atoms. The van der Waals surface area contributed by atoms with E-state index in [4.69, 9.17) is 0 Å². The third kappa shape index (κ3) is 4.72. The van der Waals surface area contributed by atoms with E-state index < -0.39 is 0 Å². The maximum Gasteiger partial charge on any atom is 0.333 e. The summed E-state index contributed by atoms with van der Waals surface area (Å²) in [5, 5.41) is 3.26. The first-order chi connectivity index (χ1) is 8.67. The number of hydrogen-bond donors (Lipinski definition) is 1. The lowest BCUT2D eigenvalue weighted by Gasteiger charge is -2.04. The van der Waals surface area contributed by atoms with Gasteiger partial charge >= 0.3 is 5.97 Å². The number of carbonyl (C=O) groups excluding carboxylic acids is 1. The summed E-state index contributed by atoms with van der Waals surface area (Å²) < 4.78 is 4.62. The average Bonchev–Trinajstić information content (AvgIpc) is 2.43. The van der Waals surface area contributed by atoms with Gasteiger partial charge in [-0.15, -0.1) is 0 Å². The van der Waals surface area contributed by atoms with Gasteiger partial charge in [0.25, 0.3) is 0 Å². The lowest BCUT2D eigenvalue weighted by Crippen LogP contribution is -2.14. The summed E-state index contributed by atoms with van der Waals surface area (Å²) in [5.74, 6) is -0.274. The summed E-state index contributed by atoms with van der Waals surface area (Å²) in [6.07, 6.45) is 2.90. The molecule has 0 bridgehead atoms. The van der Waals surface area contributed by atoms with Crippen LogP contribution in [0.25, 0.3) is 0 Å². The summed E-state index contributed by atoms with van der Waals surface area (Å²) in [4.78, 5) is 11.1. The second-order valence-electron chi connectivity index (χ2n) is 4.18. The van der Waals surface area contributed by atoms with Crippen LogP contribution in [0.1, 0.15) is 25.0 Å². The molecule has 18 heavy (non-hydrogen) atoms. The monoisotopic (exact) mass is 247 g/mol. The van der Waals surface area contributed by atoms with Gasteiger partial charge in [-0.3, -0.25) is 0 Å². The minimum absolute atomic E-state index is 0.274. The molecule has 0 saturated heterocycles. The van der Waals surface area contributed by atoms with Gasteiger partial charge in [0.15, 0.2) is 0 Å². The molecule has 0 aliphatic carbocycles. The summed E-state index contributed by atoms with van der Waals surface area (Å²) in [6.45, 7) is 5.36. The number of aryl methyl sites for hydroxylation is 1. The van der Waals surface area contributed by atoms with Crippen LogP contribution < -0.4 is 5.32 Å². The van der Waals surface area contributed by atoms with Crippen LogP contribution >= 0.6 is 0 Å². The number of benzene rings is 1. The van der Waals surface area contributed by atoms with Crippen molar-refractivity contribution < 1.29 is 9.53 Å². The Labute approximate surface area is 109 Å². The van der Waals surface area contributed by atoms with Crippen molar-refractivity contribution in [1.82, 2.24) is 5.32 Å². The molecule has 0 aliphatic rings. The molecule has 0 fully saturated rings. The number of methoxy groups -OCH3 is 1. The van der Waals surface area contributed by atoms with Gasteiger partial charge in [-0.2, -0.15) is 0 Å². The number of ether oxygens (including phenoxy) is 1. The van der Waals surface area contributed by atoms with E-state index in [1.807, 2.05) is 6.08 Å². The normalized spacial score (nSPS) is 11.4. The van der Waals surface area contributed by atoms with Crippen molar-refractivity contribution in [2.75, 3.05) is 13.7 Å². The molecule has 0 saturated carbocycles. The van der Waals surface area contributed by atoms with E-state index in [-0.39, 0.29) is 5.97 Å². The van der Waals surface area contributed by atoms with Crippen molar-refractivity contribution in [2.45, 2.75) is 26.8 Å². The molecule has 0 unspecified atom stereocenters. The zero-order valence-electron chi connectivity index (χ0n) is 11.3. The first-order valence-electron chi connectivity index (χ1n) is 6.21. The number of carbonyl (C=O) groups is 1. The Morgan fingerprint density at radius 3 is 2.44 bits per heavy atom. The van der Waals surface area contributed by atoms with E-state index in [0.717, 1.165) is 13.0 Å². The fraction of sp³-hybridized carbons (Fsp3) is 0.400. The third-order valence-electron chi connectivity index (χ3n) is 2.82. The van der Waals surface area contributed by atoms with Crippen LogP contribution in [0.3, 0.4) is 0 Å². The highest BCUT2D eigenvalue weighted by Gasteiger charge is 2.01. The molecule has 1 aromatic carbocycles. The predicted octanol–water partition coefficient (Wildman–Crippen LogP) is 2.46. The Bertz CT molecular complexity index is 407. The molecule has 0 amide bonds. The van der Waals surface area contributed by atoms with Crippen molar-refractivity contribution in [3.63, 3.8) is 0 Å². The molecular weight excluding hydrogens is 226 g/mol. The Hall–Kier alpha value is -1.61. The maximum atomic E-state index is 11.1. The van der Waals surface area contributed by atoms with E-state index in [0.29, 0.717) is 12.1 Å². The zero-order chi connectivity index (χ0) is 13.4. The summed E-state index contributed by atoms with van der Waals surface area (Å²) in [7, 11) is 1.39. The van der Waals surface area contributed by atoms with Crippen LogP contribution in [0.15, 0.2) is 35.9 Å². The minimum atomic E-state index is -0.274. The van der Waals surface area contributed by atoms with Gasteiger partial charge in [0, 0.05) is 18.7 Å². The second kappa shape index (κ2) is 7.67. The number of hydrogen-bond acceptors (Lipinski definition) is 3. The van der Waals surface area contributed by atoms with Crippen LogP contribution in [0.5, 0.6) is 0 Å². The highest BCUT2D eigenvalue weighted by atomic mass is 16.5. The minimum Gasteiger partial charge on any atom is -0.466 e. The van der Waals surface area contributed by atoms with Crippen molar-refractivity contribution in [1.29, 1.82) is 0 Å². The quantitative estimate of drug-likeness (QED) is 0.477. The van der Waals surface area contributed by atoms with Gasteiger partial charge in [-0.25, -0.2) is 4.79 Å². The molecular formula is C15H21NO2. The summed E-state index contributed by atoms with van der Waals surface area (Å²) in [5.41, 5.74) is 3.22. The SMILES string of the molecule is CCc1ccc(CNC/C=C(/C)C(=O)OC)cc1. The molecule has 3 heteroatoms. The zero-order valence-corrected chi connectivity index (χ0v) is 11.3. The van der Waals surface area contributed by atoms with Crippen LogP contribution in [-0.2, 0) is 22.5 Å². The van der Waals surface area contributed by atoms with Crippen LogP contribution in [0, 0.1) is 0 Å². The first-order valence-corrected chi connectivity index (χ1v) is 6.21. The third-order valence-corrected chi connectivity index (χ3v) is 2.82. The Morgan fingerprint density at radius 2 is 1.89 bits per heavy atom. The van der Waals surface area contributed by atoms with Gasteiger partial charge in [-0.05, 0) is 24.5 Å². The molecule has 98 valence electrons. The Kier molecular flexibility index (Phi) is 6.15. The van der Waals surface area contributed by atoms with Gasteiger partial charge in [-0.1, -0.05) is 37.3 Å². The average molecular weight is 247 g/mol. The maximum absolute atomic E-state index is 11.1. The largest absolute Gasteiger partial charge is 0.466 e. The van der Waals surface area contributed by atoms with Gasteiger partial charge in [0.2, 0.25) is 0 Å². The molecule has 3 nitrogen and oxygen atoms in total. The van der Waals surface area contributed by atoms with Crippen molar-refractivity contribution >= 4 is 5.97 Å². The number of rotatable bonds is 6. The fourth-order valence-corrected chi connectivity index (χ4v) is 1.58. The van der Waals surface area contributed by atoms with Crippen LogP contribution in [0.2, 0.25) is 0 Å². The second-order valence-corrected chi connectivity index (χ2v) is 4.18.